The van der Waals surface area contributed by atoms with E-state index in [1.54, 1.807) is 55.4 Å². The molecule has 414 valence electrons. The van der Waals surface area contributed by atoms with Gasteiger partial charge in [0.15, 0.2) is 11.9 Å². The first-order chi connectivity index (χ1) is 34.1. The highest BCUT2D eigenvalue weighted by Crippen LogP contribution is 2.20. The van der Waals surface area contributed by atoms with Crippen LogP contribution in [-0.2, 0) is 47.9 Å². The van der Waals surface area contributed by atoms with Gasteiger partial charge in [0.05, 0.1) is 19.0 Å². The molecule has 0 aromatic rings. The summed E-state index contributed by atoms with van der Waals surface area (Å²) in [6, 6.07) is -9.93. The molecule has 0 saturated carbocycles. The highest BCUT2D eigenvalue weighted by Gasteiger charge is 2.39. The van der Waals surface area contributed by atoms with E-state index < -0.39 is 132 Å². The molecule has 0 aromatic carbocycles. The third kappa shape index (κ3) is 24.0. The number of likely N-dealkylation sites (tertiary alicyclic amines) is 1. The lowest BCUT2D eigenvalue weighted by atomic mass is 9.96. The van der Waals surface area contributed by atoms with Crippen molar-refractivity contribution in [1.82, 2.24) is 42.1 Å². The van der Waals surface area contributed by atoms with Crippen LogP contribution in [0.15, 0.2) is 9.98 Å². The summed E-state index contributed by atoms with van der Waals surface area (Å²) in [5, 5.41) is 27.5. The number of rotatable bonds is 33. The van der Waals surface area contributed by atoms with Crippen LogP contribution in [-0.4, -0.2) is 156 Å². The van der Waals surface area contributed by atoms with E-state index in [2.05, 4.69) is 47.2 Å². The van der Waals surface area contributed by atoms with Crippen molar-refractivity contribution in [2.75, 3.05) is 26.2 Å². The van der Waals surface area contributed by atoms with Crippen molar-refractivity contribution in [2.45, 2.75) is 168 Å². The summed E-state index contributed by atoms with van der Waals surface area (Å²) in [5.41, 5.74) is 33.4. The van der Waals surface area contributed by atoms with Crippen LogP contribution in [0.4, 0.5) is 0 Å². The van der Waals surface area contributed by atoms with Gasteiger partial charge in [0.1, 0.15) is 42.3 Å². The number of nitrogens with two attached hydrogens (primary N) is 6. The van der Waals surface area contributed by atoms with Gasteiger partial charge in [0.25, 0.3) is 0 Å². The van der Waals surface area contributed by atoms with Crippen molar-refractivity contribution in [3.05, 3.63) is 0 Å². The lowest BCUT2D eigenvalue weighted by molar-refractivity contribution is -0.143. The van der Waals surface area contributed by atoms with Crippen LogP contribution in [0.2, 0.25) is 0 Å². The molecule has 1 saturated heterocycles. The minimum atomic E-state index is -1.58. The van der Waals surface area contributed by atoms with E-state index in [9.17, 15) is 53.1 Å². The number of aliphatic imine (C=N–C) groups is 2. The van der Waals surface area contributed by atoms with Gasteiger partial charge in [-0.3, -0.25) is 53.1 Å². The molecule has 9 atom stereocenters. The zero-order valence-corrected chi connectivity index (χ0v) is 43.7. The van der Waals surface area contributed by atoms with Crippen LogP contribution in [0, 0.1) is 23.7 Å². The Morgan fingerprint density at radius 1 is 0.630 bits per heavy atom. The first kappa shape index (κ1) is 64.2. The Kier molecular flexibility index (Phi) is 28.4. The predicted molar refractivity (Wildman–Crippen MR) is 272 cm³/mol. The molecule has 73 heavy (non-hydrogen) atoms. The smallest absolute Gasteiger partial charge is 0.326 e. The van der Waals surface area contributed by atoms with Gasteiger partial charge in [-0.1, -0.05) is 61.8 Å². The number of aliphatic carboxylic acids is 1. The van der Waals surface area contributed by atoms with Crippen molar-refractivity contribution < 1.29 is 53.1 Å². The summed E-state index contributed by atoms with van der Waals surface area (Å²) in [6.45, 7) is 13.8. The molecule has 0 aromatic heterocycles. The third-order valence-corrected chi connectivity index (χ3v) is 11.9. The number of carbonyl (C=O) groups excluding carboxylic acids is 9. The second kappa shape index (κ2) is 32.3. The van der Waals surface area contributed by atoms with E-state index >= 15 is 0 Å². The van der Waals surface area contributed by atoms with Gasteiger partial charge in [-0.25, -0.2) is 4.79 Å². The molecule has 1 fully saturated rings. The number of nitrogens with one attached hydrogen (secondary N) is 7. The molecule has 1 heterocycles. The molecular formula is C46H84N16O11. The third-order valence-electron chi connectivity index (χ3n) is 11.9. The number of carboxylic acids is 1. The quantitative estimate of drug-likeness (QED) is 0.0170. The Bertz CT molecular complexity index is 1960. The monoisotopic (exact) mass is 1040 g/mol. The van der Waals surface area contributed by atoms with Gasteiger partial charge in [-0.2, -0.15) is 0 Å². The normalized spacial score (nSPS) is 16.5. The van der Waals surface area contributed by atoms with Gasteiger partial charge in [0.2, 0.25) is 53.2 Å². The maximum absolute atomic E-state index is 14.2. The summed E-state index contributed by atoms with van der Waals surface area (Å²) < 4.78 is 0. The minimum Gasteiger partial charge on any atom is -0.480 e. The number of carbonyl (C=O) groups is 10. The molecule has 20 N–H and O–H groups in total. The molecule has 9 amide bonds. The number of nitrogens with zero attached hydrogens (tertiary/aromatic N) is 3. The van der Waals surface area contributed by atoms with Crippen molar-refractivity contribution in [3.63, 3.8) is 0 Å². The standard InChI is InChI=1S/C46H84N16O11/c1-9-26(8)36(42(70)55-22-34(64)60-35(25(6)7)44(72)73)61-40(68)30(20-24(4)5)57-37(65)28(14-11-17-54-46(51)52)56-38(66)29(19-23(2)3)58-39(67)31(21-33(48)63)59-41(69)32-15-12-18-62(32)43(71)27(47)13-10-16-53-45(49)50/h23-32,35-36H,9-22,47H2,1-8H3,(H2,48,63)(H,55,70)(H,56,66)(H,57,65)(H,58,67)(H,59,69)(H,60,64)(H,61,68)(H,72,73)(H4,49,50,53)(H4,51,52,54)/t26-,27-,28-,29-,30-,31-,32-,35-,36-/m0/s1. The van der Waals surface area contributed by atoms with Crippen LogP contribution >= 0.6 is 0 Å². The molecule has 1 aliphatic heterocycles. The average Bonchev–Trinajstić information content (AvgIpc) is 3.79. The van der Waals surface area contributed by atoms with Gasteiger partial charge in [-0.05, 0) is 75.0 Å². The molecule has 0 radical (unpaired) electrons. The van der Waals surface area contributed by atoms with E-state index in [1.165, 1.54) is 4.90 Å². The number of carboxylic acid groups (broad SMARTS) is 1. The lowest BCUT2D eigenvalue weighted by Crippen LogP contribution is -2.60. The van der Waals surface area contributed by atoms with E-state index in [4.69, 9.17) is 34.4 Å². The average molecular weight is 1040 g/mol. The number of hydrogen-bond donors (Lipinski definition) is 14. The van der Waals surface area contributed by atoms with E-state index in [0.717, 1.165) is 0 Å². The Hall–Kier alpha value is -6.80. The molecule has 0 spiro atoms. The van der Waals surface area contributed by atoms with Gasteiger partial charge >= 0.3 is 5.97 Å². The molecular weight excluding hydrogens is 953 g/mol. The first-order valence-electron chi connectivity index (χ1n) is 24.9. The van der Waals surface area contributed by atoms with Gasteiger partial charge in [0, 0.05) is 19.6 Å². The molecule has 0 unspecified atom stereocenters. The number of guanidine groups is 2. The summed E-state index contributed by atoms with van der Waals surface area (Å²) >= 11 is 0. The molecule has 27 nitrogen and oxygen atoms in total. The fourth-order valence-electron chi connectivity index (χ4n) is 7.80. The summed E-state index contributed by atoms with van der Waals surface area (Å²) in [4.78, 5) is 143. The van der Waals surface area contributed by atoms with Crippen molar-refractivity contribution in [1.29, 1.82) is 0 Å². The SMILES string of the molecule is CC[C@H](C)[C@H](NC(=O)[C@H](CC(C)C)NC(=O)[C@H](CCCN=C(N)N)NC(=O)[C@H](CC(C)C)NC(=O)[C@H](CC(N)=O)NC(=O)[C@@H]1CCCN1C(=O)[C@@H](N)CCCN=C(N)N)C(=O)NCC(=O)N[C@H](C(=O)O)C(C)C. The van der Waals surface area contributed by atoms with E-state index in [1.807, 2.05) is 0 Å². The topological polar surface area (TPSA) is 459 Å². The molecule has 0 aliphatic carbocycles. The number of hydrogen-bond acceptors (Lipinski definition) is 13. The first-order valence-corrected chi connectivity index (χ1v) is 24.9. The highest BCUT2D eigenvalue weighted by atomic mass is 16.4. The van der Waals surface area contributed by atoms with Crippen LogP contribution < -0.4 is 71.6 Å². The van der Waals surface area contributed by atoms with Crippen LogP contribution in [0.1, 0.15) is 120 Å². The van der Waals surface area contributed by atoms with Crippen molar-refractivity contribution >= 4 is 71.1 Å². The van der Waals surface area contributed by atoms with E-state index in [-0.39, 0.29) is 81.9 Å². The van der Waals surface area contributed by atoms with E-state index in [0.29, 0.717) is 19.3 Å². The minimum absolute atomic E-state index is 0.0140. The van der Waals surface area contributed by atoms with Crippen LogP contribution in [0.3, 0.4) is 0 Å². The van der Waals surface area contributed by atoms with Gasteiger partial charge in [-0.15, -0.1) is 0 Å². The molecule has 27 heteroatoms. The maximum Gasteiger partial charge on any atom is 0.326 e. The maximum atomic E-state index is 14.2. The fourth-order valence-corrected chi connectivity index (χ4v) is 7.80. The Morgan fingerprint density at radius 3 is 1.60 bits per heavy atom. The van der Waals surface area contributed by atoms with Crippen LogP contribution in [0.25, 0.3) is 0 Å². The Balaban J connectivity index is 3.40. The number of primary amides is 1. The molecule has 0 bridgehead atoms. The highest BCUT2D eigenvalue weighted by molar-refractivity contribution is 5.99. The zero-order chi connectivity index (χ0) is 55.7. The summed E-state index contributed by atoms with van der Waals surface area (Å²) in [7, 11) is 0. The summed E-state index contributed by atoms with van der Waals surface area (Å²) in [6.07, 6.45) is 1.22. The van der Waals surface area contributed by atoms with Gasteiger partial charge < -0.3 is 81.6 Å². The largest absolute Gasteiger partial charge is 0.480 e. The predicted octanol–water partition coefficient (Wildman–Crippen LogP) is -3.81. The van der Waals surface area contributed by atoms with Crippen molar-refractivity contribution in [3.8, 4) is 0 Å². The van der Waals surface area contributed by atoms with Crippen molar-refractivity contribution in [2.24, 2.45) is 68.1 Å². The zero-order valence-electron chi connectivity index (χ0n) is 43.7. The van der Waals surface area contributed by atoms with Crippen LogP contribution in [0.5, 0.6) is 0 Å². The lowest BCUT2D eigenvalue weighted by Gasteiger charge is -2.30. The second-order valence-corrected chi connectivity index (χ2v) is 19.6. The number of amides is 9. The Labute approximate surface area is 427 Å². The molecule has 1 aliphatic rings. The molecule has 1 rings (SSSR count). The fraction of sp³-hybridized carbons (Fsp3) is 0.739. The second-order valence-electron chi connectivity index (χ2n) is 19.6. The summed E-state index contributed by atoms with van der Waals surface area (Å²) in [5.74, 6) is -9.95. The Morgan fingerprint density at radius 2 is 1.12 bits per heavy atom.